The minimum atomic E-state index is -0.440. The number of carbonyl (C=O) groups is 1. The molecule has 26 heavy (non-hydrogen) atoms. The lowest BCUT2D eigenvalue weighted by atomic mass is 9.95. The van der Waals surface area contributed by atoms with Crippen molar-refractivity contribution in [1.82, 2.24) is 4.57 Å². The van der Waals surface area contributed by atoms with Gasteiger partial charge in [-0.15, -0.1) is 0 Å². The monoisotopic (exact) mass is 368 g/mol. The standard InChI is InChI=1S/C21H21ClN2O2/c1-26-12-11-24-10-7-15-13-18(5-6-19(15)24)23-20(25)21(8-9-21)16-3-2-4-17(22)14-16/h2-7,10,13-14H,8-9,11-12H2,1H3,(H,23,25). The van der Waals surface area contributed by atoms with Crippen molar-refractivity contribution in [3.05, 3.63) is 65.3 Å². The van der Waals surface area contributed by atoms with E-state index >= 15 is 0 Å². The van der Waals surface area contributed by atoms with Gasteiger partial charge in [0, 0.05) is 41.5 Å². The van der Waals surface area contributed by atoms with Crippen LogP contribution in [0.25, 0.3) is 10.9 Å². The molecule has 0 bridgehead atoms. The number of hydrogen-bond acceptors (Lipinski definition) is 2. The Morgan fingerprint density at radius 3 is 2.81 bits per heavy atom. The van der Waals surface area contributed by atoms with Gasteiger partial charge >= 0.3 is 0 Å². The van der Waals surface area contributed by atoms with Crippen LogP contribution in [0.3, 0.4) is 0 Å². The molecule has 1 aromatic heterocycles. The average molecular weight is 369 g/mol. The molecule has 1 N–H and O–H groups in total. The Morgan fingerprint density at radius 1 is 1.23 bits per heavy atom. The third kappa shape index (κ3) is 3.11. The van der Waals surface area contributed by atoms with Gasteiger partial charge in [0.05, 0.1) is 12.0 Å². The largest absolute Gasteiger partial charge is 0.383 e. The van der Waals surface area contributed by atoms with Gasteiger partial charge in [-0.25, -0.2) is 0 Å². The van der Waals surface area contributed by atoms with E-state index in [1.165, 1.54) is 0 Å². The van der Waals surface area contributed by atoms with E-state index in [2.05, 4.69) is 16.0 Å². The summed E-state index contributed by atoms with van der Waals surface area (Å²) in [7, 11) is 1.70. The Kier molecular flexibility index (Phi) is 4.47. The molecule has 1 aliphatic carbocycles. The van der Waals surface area contributed by atoms with Gasteiger partial charge in [-0.3, -0.25) is 4.79 Å². The summed E-state index contributed by atoms with van der Waals surface area (Å²) in [6, 6.07) is 15.7. The molecular formula is C21H21ClN2O2. The highest BCUT2D eigenvalue weighted by Crippen LogP contribution is 2.49. The maximum Gasteiger partial charge on any atom is 0.235 e. The predicted octanol–water partition coefficient (Wildman–Crippen LogP) is 4.61. The molecule has 1 saturated carbocycles. The highest BCUT2D eigenvalue weighted by molar-refractivity contribution is 6.30. The van der Waals surface area contributed by atoms with Crippen LogP contribution in [0.1, 0.15) is 18.4 Å². The third-order valence-corrected chi connectivity index (χ3v) is 5.36. The van der Waals surface area contributed by atoms with Gasteiger partial charge < -0.3 is 14.6 Å². The first-order valence-electron chi connectivity index (χ1n) is 8.78. The molecule has 1 aliphatic rings. The number of fused-ring (bicyclic) bond motifs is 1. The molecule has 2 aromatic carbocycles. The van der Waals surface area contributed by atoms with Crippen molar-refractivity contribution in [2.45, 2.75) is 24.8 Å². The summed E-state index contributed by atoms with van der Waals surface area (Å²) in [6.45, 7) is 1.48. The molecule has 1 heterocycles. The molecule has 4 nitrogen and oxygen atoms in total. The quantitative estimate of drug-likeness (QED) is 0.690. The van der Waals surface area contributed by atoms with Gasteiger partial charge in [-0.2, -0.15) is 0 Å². The van der Waals surface area contributed by atoms with Crippen LogP contribution in [0.4, 0.5) is 5.69 Å². The van der Waals surface area contributed by atoms with E-state index in [9.17, 15) is 4.79 Å². The summed E-state index contributed by atoms with van der Waals surface area (Å²) in [4.78, 5) is 12.9. The van der Waals surface area contributed by atoms with Crippen LogP contribution in [0.2, 0.25) is 5.02 Å². The van der Waals surface area contributed by atoms with Crippen LogP contribution in [0.15, 0.2) is 54.7 Å². The lowest BCUT2D eigenvalue weighted by Gasteiger charge is -2.16. The first-order chi connectivity index (χ1) is 12.6. The molecule has 1 amide bonds. The molecule has 0 saturated heterocycles. The van der Waals surface area contributed by atoms with Crippen molar-refractivity contribution >= 4 is 34.1 Å². The minimum Gasteiger partial charge on any atom is -0.383 e. The number of amides is 1. The molecule has 0 aliphatic heterocycles. The first-order valence-corrected chi connectivity index (χ1v) is 9.15. The Morgan fingerprint density at radius 2 is 2.08 bits per heavy atom. The summed E-state index contributed by atoms with van der Waals surface area (Å²) in [6.07, 6.45) is 3.76. The summed E-state index contributed by atoms with van der Waals surface area (Å²) in [5, 5.41) is 4.86. The van der Waals surface area contributed by atoms with Crippen molar-refractivity contribution in [2.75, 3.05) is 19.0 Å². The number of hydrogen-bond donors (Lipinski definition) is 1. The number of methoxy groups -OCH3 is 1. The van der Waals surface area contributed by atoms with Crippen molar-refractivity contribution in [2.24, 2.45) is 0 Å². The fourth-order valence-corrected chi connectivity index (χ4v) is 3.66. The zero-order valence-corrected chi connectivity index (χ0v) is 15.4. The van der Waals surface area contributed by atoms with Crippen LogP contribution >= 0.6 is 11.6 Å². The zero-order valence-electron chi connectivity index (χ0n) is 14.7. The fourth-order valence-electron chi connectivity index (χ4n) is 3.47. The Hall–Kier alpha value is -2.30. The highest BCUT2D eigenvalue weighted by atomic mass is 35.5. The molecule has 0 atom stereocenters. The first kappa shape index (κ1) is 17.1. The van der Waals surface area contributed by atoms with Crippen molar-refractivity contribution in [1.29, 1.82) is 0 Å². The number of carbonyl (C=O) groups excluding carboxylic acids is 1. The number of ether oxygens (including phenoxy) is 1. The summed E-state index contributed by atoms with van der Waals surface area (Å²) >= 11 is 6.10. The Bertz CT molecular complexity index is 960. The van der Waals surface area contributed by atoms with Crippen molar-refractivity contribution in [3.8, 4) is 0 Å². The molecule has 134 valence electrons. The number of nitrogens with one attached hydrogen (secondary N) is 1. The van der Waals surface area contributed by atoms with E-state index in [0.717, 1.165) is 41.5 Å². The number of aromatic nitrogens is 1. The van der Waals surface area contributed by atoms with Crippen LogP contribution in [-0.4, -0.2) is 24.2 Å². The normalized spacial score (nSPS) is 15.2. The molecule has 0 unspecified atom stereocenters. The summed E-state index contributed by atoms with van der Waals surface area (Å²) in [5.41, 5.74) is 2.51. The van der Waals surface area contributed by atoms with Crippen molar-refractivity contribution < 1.29 is 9.53 Å². The minimum absolute atomic E-state index is 0.0398. The Labute approximate surface area is 157 Å². The number of anilines is 1. The summed E-state index contributed by atoms with van der Waals surface area (Å²) < 4.78 is 7.30. The van der Waals surface area contributed by atoms with E-state index in [1.54, 1.807) is 7.11 Å². The summed E-state index contributed by atoms with van der Waals surface area (Å²) in [5.74, 6) is 0.0398. The van der Waals surface area contributed by atoms with E-state index in [0.29, 0.717) is 11.6 Å². The van der Waals surface area contributed by atoms with Gasteiger partial charge in [0.25, 0.3) is 0 Å². The number of halogens is 1. The molecule has 3 aromatic rings. The lowest BCUT2D eigenvalue weighted by Crippen LogP contribution is -2.27. The zero-order chi connectivity index (χ0) is 18.1. The smallest absolute Gasteiger partial charge is 0.235 e. The molecule has 1 fully saturated rings. The second-order valence-corrected chi connectivity index (χ2v) is 7.26. The molecule has 5 heteroatoms. The second kappa shape index (κ2) is 6.78. The third-order valence-electron chi connectivity index (χ3n) is 5.13. The van der Waals surface area contributed by atoms with E-state index < -0.39 is 5.41 Å². The fraction of sp³-hybridized carbons (Fsp3) is 0.286. The van der Waals surface area contributed by atoms with Gasteiger partial charge in [0.2, 0.25) is 5.91 Å². The second-order valence-electron chi connectivity index (χ2n) is 6.82. The molecular weight excluding hydrogens is 348 g/mol. The maximum absolute atomic E-state index is 12.9. The van der Waals surface area contributed by atoms with Crippen LogP contribution in [-0.2, 0) is 21.5 Å². The maximum atomic E-state index is 12.9. The van der Waals surface area contributed by atoms with Gasteiger partial charge in [0.15, 0.2) is 0 Å². The predicted molar refractivity (Wildman–Crippen MR) is 105 cm³/mol. The van der Waals surface area contributed by atoms with E-state index in [-0.39, 0.29) is 5.91 Å². The van der Waals surface area contributed by atoms with Crippen LogP contribution < -0.4 is 5.32 Å². The van der Waals surface area contributed by atoms with Gasteiger partial charge in [-0.1, -0.05) is 23.7 Å². The molecule has 4 rings (SSSR count). The Balaban J connectivity index is 1.54. The van der Waals surface area contributed by atoms with Crippen molar-refractivity contribution in [3.63, 3.8) is 0 Å². The number of rotatable bonds is 6. The average Bonchev–Trinajstić information content (AvgIpc) is 3.36. The van der Waals surface area contributed by atoms with Crippen LogP contribution in [0.5, 0.6) is 0 Å². The SMILES string of the molecule is COCCn1ccc2cc(NC(=O)C3(c4cccc(Cl)c4)CC3)ccc21. The number of benzene rings is 2. The topological polar surface area (TPSA) is 43.3 Å². The van der Waals surface area contributed by atoms with E-state index in [1.807, 2.05) is 48.7 Å². The van der Waals surface area contributed by atoms with Gasteiger partial charge in [-0.05, 0) is 54.8 Å². The molecule has 0 radical (unpaired) electrons. The van der Waals surface area contributed by atoms with E-state index in [4.69, 9.17) is 16.3 Å². The van der Waals surface area contributed by atoms with Gasteiger partial charge in [0.1, 0.15) is 0 Å². The highest BCUT2D eigenvalue weighted by Gasteiger charge is 2.51. The number of nitrogens with zero attached hydrogens (tertiary/aromatic N) is 1. The lowest BCUT2D eigenvalue weighted by molar-refractivity contribution is -0.118. The van der Waals surface area contributed by atoms with Crippen LogP contribution in [0, 0.1) is 0 Å². The molecule has 0 spiro atoms.